The lowest BCUT2D eigenvalue weighted by Gasteiger charge is -2.45. The first-order valence-electron chi connectivity index (χ1n) is 5.76. The van der Waals surface area contributed by atoms with Crippen LogP contribution in [0, 0.1) is 18.3 Å². The van der Waals surface area contributed by atoms with Gasteiger partial charge in [-0.25, -0.2) is 4.79 Å². The fourth-order valence-electron chi connectivity index (χ4n) is 1.89. The molecular formula is C13H21NO2. The van der Waals surface area contributed by atoms with Crippen LogP contribution in [0.15, 0.2) is 0 Å². The van der Waals surface area contributed by atoms with Gasteiger partial charge in [-0.1, -0.05) is 0 Å². The number of carbonyl (C=O) groups excluding carboxylic acids is 1. The minimum Gasteiger partial charge on any atom is -0.444 e. The fourth-order valence-corrected chi connectivity index (χ4v) is 1.89. The average Bonchev–Trinajstić information content (AvgIpc) is 2.07. The molecule has 1 fully saturated rings. The van der Waals surface area contributed by atoms with Gasteiger partial charge in [0.05, 0.1) is 5.54 Å². The van der Waals surface area contributed by atoms with Crippen LogP contribution in [0.25, 0.3) is 0 Å². The molecule has 1 unspecified atom stereocenters. The number of hydrogen-bond acceptors (Lipinski definition) is 2. The zero-order valence-electron chi connectivity index (χ0n) is 10.6. The largest absolute Gasteiger partial charge is 0.444 e. The van der Waals surface area contributed by atoms with Crippen molar-refractivity contribution >= 4 is 6.09 Å². The lowest BCUT2D eigenvalue weighted by atomic mass is 9.69. The molecule has 0 aromatic rings. The predicted molar refractivity (Wildman–Crippen MR) is 63.9 cm³/mol. The Bertz CT molecular complexity index is 305. The minimum absolute atomic E-state index is 0.0498. The highest BCUT2D eigenvalue weighted by Gasteiger charge is 2.43. The maximum Gasteiger partial charge on any atom is 0.408 e. The summed E-state index contributed by atoms with van der Waals surface area (Å²) in [6.45, 7) is 7.52. The Morgan fingerprint density at radius 2 is 2.06 bits per heavy atom. The van der Waals surface area contributed by atoms with Crippen molar-refractivity contribution in [3.05, 3.63) is 0 Å². The summed E-state index contributed by atoms with van der Waals surface area (Å²) in [7, 11) is 0. The van der Waals surface area contributed by atoms with Gasteiger partial charge in [-0.2, -0.15) is 0 Å². The Morgan fingerprint density at radius 3 is 2.38 bits per heavy atom. The van der Waals surface area contributed by atoms with Gasteiger partial charge in [0.2, 0.25) is 0 Å². The van der Waals surface area contributed by atoms with Crippen molar-refractivity contribution in [1.29, 1.82) is 0 Å². The molecule has 0 aromatic heterocycles. The van der Waals surface area contributed by atoms with E-state index in [4.69, 9.17) is 11.2 Å². The molecular weight excluding hydrogens is 202 g/mol. The molecule has 1 amide bonds. The van der Waals surface area contributed by atoms with Crippen LogP contribution in [-0.2, 0) is 4.74 Å². The fraction of sp³-hybridized carbons (Fsp3) is 0.769. The van der Waals surface area contributed by atoms with E-state index >= 15 is 0 Å². The van der Waals surface area contributed by atoms with Crippen LogP contribution >= 0.6 is 0 Å². The first-order valence-corrected chi connectivity index (χ1v) is 5.76. The maximum absolute atomic E-state index is 11.7. The molecule has 0 aromatic carbocycles. The van der Waals surface area contributed by atoms with Crippen molar-refractivity contribution < 1.29 is 9.53 Å². The van der Waals surface area contributed by atoms with Crippen LogP contribution < -0.4 is 5.32 Å². The molecule has 0 radical (unpaired) electrons. The Kier molecular flexibility index (Phi) is 3.52. The second-order valence-electron chi connectivity index (χ2n) is 5.52. The minimum atomic E-state index is -0.464. The summed E-state index contributed by atoms with van der Waals surface area (Å²) < 4.78 is 5.25. The van der Waals surface area contributed by atoms with Crippen molar-refractivity contribution in [2.45, 2.75) is 58.1 Å². The molecule has 1 atom stereocenters. The van der Waals surface area contributed by atoms with E-state index in [1.807, 2.05) is 27.7 Å². The van der Waals surface area contributed by atoms with Gasteiger partial charge < -0.3 is 10.1 Å². The second-order valence-corrected chi connectivity index (χ2v) is 5.52. The molecule has 16 heavy (non-hydrogen) atoms. The third kappa shape index (κ3) is 2.91. The zero-order valence-corrected chi connectivity index (χ0v) is 10.6. The molecule has 1 N–H and O–H groups in total. The Labute approximate surface area is 97.9 Å². The lowest BCUT2D eigenvalue weighted by Crippen LogP contribution is -2.58. The van der Waals surface area contributed by atoms with Gasteiger partial charge in [0, 0.05) is 5.92 Å². The summed E-state index contributed by atoms with van der Waals surface area (Å²) in [6, 6.07) is 0. The van der Waals surface area contributed by atoms with Gasteiger partial charge in [0.25, 0.3) is 0 Å². The van der Waals surface area contributed by atoms with Crippen LogP contribution in [0.1, 0.15) is 47.0 Å². The normalized spacial score (nSPS) is 20.2. The van der Waals surface area contributed by atoms with Crippen LogP contribution in [0.2, 0.25) is 0 Å². The Balaban J connectivity index is 2.58. The summed E-state index contributed by atoms with van der Waals surface area (Å²) in [6.07, 6.45) is 8.06. The van der Waals surface area contributed by atoms with Crippen molar-refractivity contribution in [2.75, 3.05) is 0 Å². The third-order valence-electron chi connectivity index (χ3n) is 3.07. The lowest BCUT2D eigenvalue weighted by molar-refractivity contribution is 0.0334. The number of terminal acetylenes is 1. The molecule has 1 aliphatic carbocycles. The van der Waals surface area contributed by atoms with Crippen LogP contribution in [-0.4, -0.2) is 17.2 Å². The number of hydrogen-bond donors (Lipinski definition) is 1. The molecule has 0 aliphatic heterocycles. The summed E-state index contributed by atoms with van der Waals surface area (Å²) in [5, 5.41) is 2.93. The van der Waals surface area contributed by atoms with Crippen molar-refractivity contribution in [1.82, 2.24) is 5.32 Å². The standard InChI is InChI=1S/C13H21NO2/c1-6-10(2)13(8-7-9-13)14-11(15)16-12(3,4)5/h1,10H,7-9H2,2-5H3,(H,14,15). The van der Waals surface area contributed by atoms with Crippen LogP contribution in [0.5, 0.6) is 0 Å². The number of alkyl carbamates (subject to hydrolysis) is 1. The van der Waals surface area contributed by atoms with Crippen molar-refractivity contribution in [2.24, 2.45) is 5.92 Å². The second kappa shape index (κ2) is 4.37. The highest BCUT2D eigenvalue weighted by Crippen LogP contribution is 2.38. The quantitative estimate of drug-likeness (QED) is 0.731. The van der Waals surface area contributed by atoms with E-state index in [1.165, 1.54) is 0 Å². The van der Waals surface area contributed by atoms with Gasteiger partial charge in [0.15, 0.2) is 0 Å². The molecule has 1 saturated carbocycles. The van der Waals surface area contributed by atoms with E-state index in [0.29, 0.717) is 0 Å². The Hall–Kier alpha value is -1.17. The van der Waals surface area contributed by atoms with Crippen LogP contribution in [0.3, 0.4) is 0 Å². The summed E-state index contributed by atoms with van der Waals surface area (Å²) in [4.78, 5) is 11.7. The molecule has 0 heterocycles. The van der Waals surface area contributed by atoms with E-state index in [9.17, 15) is 4.79 Å². The predicted octanol–water partition coefficient (Wildman–Crippen LogP) is 2.70. The molecule has 1 rings (SSSR count). The molecule has 0 bridgehead atoms. The summed E-state index contributed by atoms with van der Waals surface area (Å²) in [5.41, 5.74) is -0.703. The smallest absolute Gasteiger partial charge is 0.408 e. The van der Waals surface area contributed by atoms with Gasteiger partial charge in [-0.3, -0.25) is 0 Å². The molecule has 3 nitrogen and oxygen atoms in total. The van der Waals surface area contributed by atoms with Crippen molar-refractivity contribution in [3.8, 4) is 12.3 Å². The van der Waals surface area contributed by atoms with E-state index in [0.717, 1.165) is 19.3 Å². The molecule has 90 valence electrons. The molecule has 0 spiro atoms. The van der Waals surface area contributed by atoms with Gasteiger partial charge in [0.1, 0.15) is 5.60 Å². The first-order chi connectivity index (χ1) is 7.29. The average molecular weight is 223 g/mol. The maximum atomic E-state index is 11.7. The summed E-state index contributed by atoms with van der Waals surface area (Å²) >= 11 is 0. The number of rotatable bonds is 2. The highest BCUT2D eigenvalue weighted by molar-refractivity contribution is 5.69. The van der Waals surface area contributed by atoms with Gasteiger partial charge >= 0.3 is 6.09 Å². The number of amides is 1. The molecule has 0 saturated heterocycles. The molecule has 1 aliphatic rings. The van der Waals surface area contributed by atoms with E-state index < -0.39 is 5.60 Å². The first kappa shape index (κ1) is 12.9. The molecule has 3 heteroatoms. The van der Waals surface area contributed by atoms with E-state index in [2.05, 4.69) is 11.2 Å². The van der Waals surface area contributed by atoms with E-state index in [1.54, 1.807) is 0 Å². The topological polar surface area (TPSA) is 38.3 Å². The summed E-state index contributed by atoms with van der Waals surface area (Å²) in [5.74, 6) is 2.76. The third-order valence-corrected chi connectivity index (χ3v) is 3.07. The zero-order chi connectivity index (χ0) is 12.4. The highest BCUT2D eigenvalue weighted by atomic mass is 16.6. The number of carbonyl (C=O) groups is 1. The Morgan fingerprint density at radius 1 is 1.50 bits per heavy atom. The number of ether oxygens (including phenoxy) is 1. The van der Waals surface area contributed by atoms with Crippen molar-refractivity contribution in [3.63, 3.8) is 0 Å². The number of nitrogens with one attached hydrogen (secondary N) is 1. The SMILES string of the molecule is C#CC(C)C1(NC(=O)OC(C)(C)C)CCC1. The van der Waals surface area contributed by atoms with E-state index in [-0.39, 0.29) is 17.6 Å². The monoisotopic (exact) mass is 223 g/mol. The van der Waals surface area contributed by atoms with Gasteiger partial charge in [-0.15, -0.1) is 12.3 Å². The van der Waals surface area contributed by atoms with Gasteiger partial charge in [-0.05, 0) is 47.0 Å². The van der Waals surface area contributed by atoms with Crippen LogP contribution in [0.4, 0.5) is 4.79 Å².